The second-order valence-electron chi connectivity index (χ2n) is 5.17. The lowest BCUT2D eigenvalue weighted by Crippen LogP contribution is -2.32. The SMILES string of the molecule is CNC(c1ccc2c(c1)C(=O)NCC2)c1ccccc1Br. The summed E-state index contributed by atoms with van der Waals surface area (Å²) in [4.78, 5) is 12.0. The van der Waals surface area contributed by atoms with Crippen LogP contribution in [0.4, 0.5) is 0 Å². The van der Waals surface area contributed by atoms with Crippen molar-refractivity contribution in [2.45, 2.75) is 12.5 Å². The number of fused-ring (bicyclic) bond motifs is 1. The van der Waals surface area contributed by atoms with Crippen molar-refractivity contribution in [1.82, 2.24) is 10.6 Å². The molecule has 0 bridgehead atoms. The Hall–Kier alpha value is -1.65. The van der Waals surface area contributed by atoms with Crippen LogP contribution in [-0.4, -0.2) is 19.5 Å². The number of benzene rings is 2. The first kappa shape index (κ1) is 14.3. The van der Waals surface area contributed by atoms with Crippen molar-refractivity contribution < 1.29 is 4.79 Å². The molecule has 0 fully saturated rings. The van der Waals surface area contributed by atoms with Gasteiger partial charge in [-0.15, -0.1) is 0 Å². The van der Waals surface area contributed by atoms with Gasteiger partial charge < -0.3 is 10.6 Å². The zero-order valence-electron chi connectivity index (χ0n) is 11.8. The van der Waals surface area contributed by atoms with Gasteiger partial charge in [0, 0.05) is 16.6 Å². The minimum Gasteiger partial charge on any atom is -0.352 e. The predicted molar refractivity (Wildman–Crippen MR) is 87.5 cm³/mol. The Kier molecular flexibility index (Phi) is 4.08. The maximum atomic E-state index is 12.0. The number of hydrogen-bond donors (Lipinski definition) is 2. The van der Waals surface area contributed by atoms with Gasteiger partial charge in [-0.3, -0.25) is 4.79 Å². The topological polar surface area (TPSA) is 41.1 Å². The monoisotopic (exact) mass is 344 g/mol. The highest BCUT2D eigenvalue weighted by Gasteiger charge is 2.20. The quantitative estimate of drug-likeness (QED) is 0.898. The van der Waals surface area contributed by atoms with E-state index >= 15 is 0 Å². The van der Waals surface area contributed by atoms with Gasteiger partial charge in [0.2, 0.25) is 0 Å². The van der Waals surface area contributed by atoms with Crippen LogP contribution in [0, 0.1) is 0 Å². The van der Waals surface area contributed by atoms with E-state index in [4.69, 9.17) is 0 Å². The summed E-state index contributed by atoms with van der Waals surface area (Å²) in [5.41, 5.74) is 4.19. The third kappa shape index (κ3) is 2.74. The molecule has 1 aliphatic rings. The van der Waals surface area contributed by atoms with Crippen molar-refractivity contribution in [3.63, 3.8) is 0 Å². The molecule has 1 amide bonds. The molecule has 108 valence electrons. The summed E-state index contributed by atoms with van der Waals surface area (Å²) >= 11 is 3.60. The van der Waals surface area contributed by atoms with Gasteiger partial charge in [-0.1, -0.05) is 46.3 Å². The van der Waals surface area contributed by atoms with Crippen molar-refractivity contribution in [2.24, 2.45) is 0 Å². The Bertz CT molecular complexity index is 684. The average molecular weight is 345 g/mol. The maximum absolute atomic E-state index is 12.0. The fraction of sp³-hybridized carbons (Fsp3) is 0.235. The Morgan fingerprint density at radius 3 is 2.81 bits per heavy atom. The lowest BCUT2D eigenvalue weighted by molar-refractivity contribution is 0.0946. The van der Waals surface area contributed by atoms with Crippen molar-refractivity contribution in [1.29, 1.82) is 0 Å². The number of amides is 1. The molecule has 1 unspecified atom stereocenters. The van der Waals surface area contributed by atoms with E-state index in [0.717, 1.165) is 39.7 Å². The van der Waals surface area contributed by atoms with E-state index in [1.807, 2.05) is 31.3 Å². The van der Waals surface area contributed by atoms with Crippen LogP contribution in [0.25, 0.3) is 0 Å². The van der Waals surface area contributed by atoms with Crippen LogP contribution < -0.4 is 10.6 Å². The molecule has 0 spiro atoms. The standard InChI is InChI=1S/C17H17BrN2O/c1-19-16(13-4-2-3-5-15(13)18)12-7-6-11-8-9-20-17(21)14(11)10-12/h2-7,10,16,19H,8-9H2,1H3,(H,20,21). The highest BCUT2D eigenvalue weighted by molar-refractivity contribution is 9.10. The molecular weight excluding hydrogens is 328 g/mol. The summed E-state index contributed by atoms with van der Waals surface area (Å²) in [5.74, 6) is 0.0279. The fourth-order valence-electron chi connectivity index (χ4n) is 2.82. The van der Waals surface area contributed by atoms with Crippen molar-refractivity contribution >= 4 is 21.8 Å². The molecule has 0 radical (unpaired) electrons. The van der Waals surface area contributed by atoms with Gasteiger partial charge in [0.1, 0.15) is 0 Å². The maximum Gasteiger partial charge on any atom is 0.251 e. The van der Waals surface area contributed by atoms with Crippen LogP contribution in [-0.2, 0) is 6.42 Å². The summed E-state index contributed by atoms with van der Waals surface area (Å²) in [7, 11) is 1.93. The number of hydrogen-bond acceptors (Lipinski definition) is 2. The smallest absolute Gasteiger partial charge is 0.251 e. The molecule has 0 aromatic heterocycles. The number of nitrogens with one attached hydrogen (secondary N) is 2. The summed E-state index contributed by atoms with van der Waals surface area (Å²) in [5, 5.41) is 6.24. The van der Waals surface area contributed by atoms with E-state index in [9.17, 15) is 4.79 Å². The van der Waals surface area contributed by atoms with Crippen LogP contribution in [0.1, 0.15) is 33.1 Å². The van der Waals surface area contributed by atoms with Gasteiger partial charge in [0.25, 0.3) is 5.91 Å². The van der Waals surface area contributed by atoms with Crippen LogP contribution in [0.2, 0.25) is 0 Å². The lowest BCUT2D eigenvalue weighted by Gasteiger charge is -2.22. The number of carbonyl (C=O) groups excluding carboxylic acids is 1. The Balaban J connectivity index is 2.04. The highest BCUT2D eigenvalue weighted by Crippen LogP contribution is 2.29. The molecule has 0 saturated heterocycles. The Morgan fingerprint density at radius 2 is 2.05 bits per heavy atom. The lowest BCUT2D eigenvalue weighted by atomic mass is 9.92. The van der Waals surface area contributed by atoms with Crippen LogP contribution >= 0.6 is 15.9 Å². The van der Waals surface area contributed by atoms with E-state index in [2.05, 4.69) is 44.8 Å². The molecule has 3 nitrogen and oxygen atoms in total. The van der Waals surface area contributed by atoms with E-state index in [-0.39, 0.29) is 11.9 Å². The summed E-state index contributed by atoms with van der Waals surface area (Å²) in [6, 6.07) is 14.4. The molecular formula is C17H17BrN2O. The first-order chi connectivity index (χ1) is 10.2. The molecule has 1 atom stereocenters. The fourth-order valence-corrected chi connectivity index (χ4v) is 3.33. The number of rotatable bonds is 3. The summed E-state index contributed by atoms with van der Waals surface area (Å²) in [6.07, 6.45) is 0.903. The molecule has 2 N–H and O–H groups in total. The third-order valence-corrected chi connectivity index (χ3v) is 4.62. The zero-order valence-corrected chi connectivity index (χ0v) is 13.4. The van der Waals surface area contributed by atoms with Crippen LogP contribution in [0.3, 0.4) is 0 Å². The van der Waals surface area contributed by atoms with E-state index in [0.29, 0.717) is 0 Å². The van der Waals surface area contributed by atoms with Crippen molar-refractivity contribution in [3.05, 3.63) is 69.2 Å². The zero-order chi connectivity index (χ0) is 14.8. The minimum absolute atomic E-state index is 0.0279. The molecule has 1 aliphatic heterocycles. The normalized spacial score (nSPS) is 15.2. The first-order valence-electron chi connectivity index (χ1n) is 7.03. The van der Waals surface area contributed by atoms with Gasteiger partial charge in [-0.2, -0.15) is 0 Å². The molecule has 0 aliphatic carbocycles. The average Bonchev–Trinajstić information content (AvgIpc) is 2.51. The van der Waals surface area contributed by atoms with E-state index in [1.165, 1.54) is 0 Å². The molecule has 4 heteroatoms. The number of halogens is 1. The Morgan fingerprint density at radius 1 is 1.24 bits per heavy atom. The van der Waals surface area contributed by atoms with E-state index < -0.39 is 0 Å². The first-order valence-corrected chi connectivity index (χ1v) is 7.82. The highest BCUT2D eigenvalue weighted by atomic mass is 79.9. The third-order valence-electron chi connectivity index (χ3n) is 3.90. The van der Waals surface area contributed by atoms with Crippen molar-refractivity contribution in [3.8, 4) is 0 Å². The molecule has 21 heavy (non-hydrogen) atoms. The summed E-state index contributed by atoms with van der Waals surface area (Å²) in [6.45, 7) is 0.727. The van der Waals surface area contributed by atoms with Crippen LogP contribution in [0.5, 0.6) is 0 Å². The molecule has 2 aromatic carbocycles. The largest absolute Gasteiger partial charge is 0.352 e. The van der Waals surface area contributed by atoms with Gasteiger partial charge >= 0.3 is 0 Å². The van der Waals surface area contributed by atoms with Gasteiger partial charge in [-0.05, 0) is 42.3 Å². The molecule has 3 rings (SSSR count). The van der Waals surface area contributed by atoms with Gasteiger partial charge in [0.15, 0.2) is 0 Å². The van der Waals surface area contributed by atoms with Crippen molar-refractivity contribution in [2.75, 3.05) is 13.6 Å². The predicted octanol–water partition coefficient (Wildman–Crippen LogP) is 3.04. The van der Waals surface area contributed by atoms with Gasteiger partial charge in [0.05, 0.1) is 6.04 Å². The van der Waals surface area contributed by atoms with Gasteiger partial charge in [-0.25, -0.2) is 0 Å². The molecule has 2 aromatic rings. The molecule has 1 heterocycles. The second-order valence-corrected chi connectivity index (χ2v) is 6.02. The Labute approximate surface area is 132 Å². The number of carbonyl (C=O) groups is 1. The van der Waals surface area contributed by atoms with E-state index in [1.54, 1.807) is 0 Å². The minimum atomic E-state index is 0.0279. The molecule has 0 saturated carbocycles. The summed E-state index contributed by atoms with van der Waals surface area (Å²) < 4.78 is 1.06. The second kappa shape index (κ2) is 6.00. The van der Waals surface area contributed by atoms with Crippen LogP contribution in [0.15, 0.2) is 46.9 Å².